The zero-order valence-electron chi connectivity index (χ0n) is 20.5. The van der Waals surface area contributed by atoms with Crippen LogP contribution in [0.3, 0.4) is 0 Å². The molecule has 0 spiro atoms. The standard InChI is InChI=1S/C26H28N6O4S/c1-35-24-5-3-19-25(30-24)21(8-11-28-19)31(16-6-9-27-10-7-16)13-18-14-32(26(34)36-18)17-2-4-22-20(12-17)29-23(33)15-37-22/h2-5,8,11-12,16,18,27H,6-7,9-10,13-15H2,1H3,(H,29,33)/t18-/m0/s1. The molecule has 2 N–H and O–H groups in total. The molecule has 0 saturated carbocycles. The highest BCUT2D eigenvalue weighted by Gasteiger charge is 2.36. The number of hydrogen-bond donors (Lipinski definition) is 2. The van der Waals surface area contributed by atoms with Crippen LogP contribution in [0.4, 0.5) is 21.9 Å². The summed E-state index contributed by atoms with van der Waals surface area (Å²) in [5, 5.41) is 6.33. The average Bonchev–Trinajstić information content (AvgIpc) is 3.31. The number of nitrogens with zero attached hydrogens (tertiary/aromatic N) is 4. The molecule has 2 saturated heterocycles. The third kappa shape index (κ3) is 4.76. The maximum absolute atomic E-state index is 13.0. The predicted molar refractivity (Wildman–Crippen MR) is 143 cm³/mol. The van der Waals surface area contributed by atoms with Crippen molar-refractivity contribution >= 4 is 51.9 Å². The van der Waals surface area contributed by atoms with Gasteiger partial charge in [-0.05, 0) is 56.3 Å². The Balaban J connectivity index is 1.28. The molecule has 37 heavy (non-hydrogen) atoms. The van der Waals surface area contributed by atoms with Crippen LogP contribution in [0.5, 0.6) is 5.88 Å². The molecule has 1 aromatic carbocycles. The number of amides is 2. The maximum Gasteiger partial charge on any atom is 0.414 e. The van der Waals surface area contributed by atoms with E-state index in [1.54, 1.807) is 18.2 Å². The van der Waals surface area contributed by atoms with E-state index in [4.69, 9.17) is 14.5 Å². The van der Waals surface area contributed by atoms with Gasteiger partial charge in [0.05, 0.1) is 42.8 Å². The van der Waals surface area contributed by atoms with Crippen molar-refractivity contribution in [3.63, 3.8) is 0 Å². The second-order valence-electron chi connectivity index (χ2n) is 9.32. The minimum atomic E-state index is -0.385. The molecular weight excluding hydrogens is 492 g/mol. The normalized spacial score (nSPS) is 19.9. The van der Waals surface area contributed by atoms with E-state index >= 15 is 0 Å². The zero-order chi connectivity index (χ0) is 25.4. The number of aromatic nitrogens is 2. The van der Waals surface area contributed by atoms with E-state index in [9.17, 15) is 9.59 Å². The summed E-state index contributed by atoms with van der Waals surface area (Å²) in [4.78, 5) is 39.0. The lowest BCUT2D eigenvalue weighted by Gasteiger charge is -2.37. The molecule has 2 aromatic heterocycles. The summed E-state index contributed by atoms with van der Waals surface area (Å²) in [7, 11) is 1.60. The number of cyclic esters (lactones) is 1. The van der Waals surface area contributed by atoms with Crippen LogP contribution in [0.15, 0.2) is 47.5 Å². The summed E-state index contributed by atoms with van der Waals surface area (Å²) in [6.45, 7) is 2.80. The first-order valence-electron chi connectivity index (χ1n) is 12.4. The van der Waals surface area contributed by atoms with Gasteiger partial charge in [-0.3, -0.25) is 14.7 Å². The number of methoxy groups -OCH3 is 1. The van der Waals surface area contributed by atoms with Crippen LogP contribution in [0.25, 0.3) is 11.0 Å². The highest BCUT2D eigenvalue weighted by atomic mass is 32.2. The van der Waals surface area contributed by atoms with Crippen molar-refractivity contribution in [2.24, 2.45) is 0 Å². The van der Waals surface area contributed by atoms with Crippen molar-refractivity contribution in [3.05, 3.63) is 42.6 Å². The Labute approximate surface area is 218 Å². The highest BCUT2D eigenvalue weighted by Crippen LogP contribution is 2.36. The quantitative estimate of drug-likeness (QED) is 0.506. The van der Waals surface area contributed by atoms with Crippen LogP contribution in [0, 0.1) is 0 Å². The van der Waals surface area contributed by atoms with Crippen LogP contribution in [-0.4, -0.2) is 73.2 Å². The first kappa shape index (κ1) is 23.8. The number of hydrogen-bond acceptors (Lipinski definition) is 9. The molecular formula is C26H28N6O4S. The van der Waals surface area contributed by atoms with Gasteiger partial charge in [0.2, 0.25) is 11.8 Å². The fourth-order valence-corrected chi connectivity index (χ4v) is 5.98. The molecule has 3 aliphatic rings. The second kappa shape index (κ2) is 10.1. The number of anilines is 3. The molecule has 2 fully saturated rings. The first-order valence-corrected chi connectivity index (χ1v) is 13.4. The van der Waals surface area contributed by atoms with Crippen molar-refractivity contribution < 1.29 is 19.1 Å². The molecule has 2 amide bonds. The van der Waals surface area contributed by atoms with Gasteiger partial charge < -0.3 is 25.0 Å². The van der Waals surface area contributed by atoms with E-state index < -0.39 is 0 Å². The number of piperidine rings is 1. The topological polar surface area (TPSA) is 109 Å². The minimum Gasteiger partial charge on any atom is -0.481 e. The number of benzene rings is 1. The molecule has 192 valence electrons. The molecule has 0 bridgehead atoms. The van der Waals surface area contributed by atoms with Gasteiger partial charge in [-0.2, -0.15) is 0 Å². The van der Waals surface area contributed by atoms with Crippen molar-refractivity contribution in [2.45, 2.75) is 29.9 Å². The Kier molecular flexibility index (Phi) is 6.47. The number of thioether (sulfide) groups is 1. The van der Waals surface area contributed by atoms with E-state index in [0.717, 1.165) is 53.2 Å². The molecule has 0 unspecified atom stereocenters. The SMILES string of the molecule is COc1ccc2nccc(N(C[C@H]3CN(c4ccc5c(c4)NC(=O)CS5)C(=O)O3)C3CCNCC3)c2n1. The molecule has 0 radical (unpaired) electrons. The van der Waals surface area contributed by atoms with Crippen molar-refractivity contribution in [1.29, 1.82) is 0 Å². The van der Waals surface area contributed by atoms with E-state index in [-0.39, 0.29) is 24.1 Å². The van der Waals surface area contributed by atoms with Crippen molar-refractivity contribution in [3.8, 4) is 5.88 Å². The van der Waals surface area contributed by atoms with Crippen LogP contribution in [0.2, 0.25) is 0 Å². The van der Waals surface area contributed by atoms with Gasteiger partial charge in [0.15, 0.2) is 0 Å². The largest absolute Gasteiger partial charge is 0.481 e. The molecule has 10 nitrogen and oxygen atoms in total. The molecule has 1 atom stereocenters. The monoisotopic (exact) mass is 520 g/mol. The number of pyridine rings is 2. The highest BCUT2D eigenvalue weighted by molar-refractivity contribution is 8.00. The number of carbonyl (C=O) groups excluding carboxylic acids is 2. The molecule has 0 aliphatic carbocycles. The van der Waals surface area contributed by atoms with Crippen LogP contribution in [-0.2, 0) is 9.53 Å². The first-order chi connectivity index (χ1) is 18.1. The lowest BCUT2D eigenvalue weighted by Crippen LogP contribution is -2.47. The van der Waals surface area contributed by atoms with Gasteiger partial charge in [0.25, 0.3) is 0 Å². The number of nitrogens with one attached hydrogen (secondary N) is 2. The lowest BCUT2D eigenvalue weighted by atomic mass is 10.0. The summed E-state index contributed by atoms with van der Waals surface area (Å²) < 4.78 is 11.3. The smallest absolute Gasteiger partial charge is 0.414 e. The summed E-state index contributed by atoms with van der Waals surface area (Å²) in [5.41, 5.74) is 3.96. The average molecular weight is 521 g/mol. The molecule has 11 heteroatoms. The molecule has 5 heterocycles. The number of rotatable bonds is 6. The van der Waals surface area contributed by atoms with Gasteiger partial charge in [0.1, 0.15) is 11.6 Å². The van der Waals surface area contributed by atoms with E-state index in [1.165, 1.54) is 11.8 Å². The van der Waals surface area contributed by atoms with Crippen LogP contribution in [0.1, 0.15) is 12.8 Å². The fraction of sp³-hybridized carbons (Fsp3) is 0.385. The van der Waals surface area contributed by atoms with Crippen molar-refractivity contribution in [1.82, 2.24) is 15.3 Å². The predicted octanol–water partition coefficient (Wildman–Crippen LogP) is 3.27. The Hall–Kier alpha value is -3.57. The Bertz CT molecular complexity index is 1350. The summed E-state index contributed by atoms with van der Waals surface area (Å²) in [6.07, 6.45) is 3.02. The molecule has 3 aliphatic heterocycles. The lowest BCUT2D eigenvalue weighted by molar-refractivity contribution is -0.113. The van der Waals surface area contributed by atoms with Gasteiger partial charge in [-0.25, -0.2) is 9.78 Å². The Morgan fingerprint density at radius 3 is 2.89 bits per heavy atom. The fourth-order valence-electron chi connectivity index (χ4n) is 5.19. The number of ether oxygens (including phenoxy) is 2. The Morgan fingerprint density at radius 1 is 1.19 bits per heavy atom. The summed E-state index contributed by atoms with van der Waals surface area (Å²) in [6, 6.07) is 11.7. The third-order valence-electron chi connectivity index (χ3n) is 6.99. The van der Waals surface area contributed by atoms with Crippen LogP contribution >= 0.6 is 11.8 Å². The Morgan fingerprint density at radius 2 is 2.05 bits per heavy atom. The second-order valence-corrected chi connectivity index (χ2v) is 10.3. The maximum atomic E-state index is 13.0. The molecule has 3 aromatic rings. The van der Waals surface area contributed by atoms with E-state index in [1.807, 2.05) is 36.4 Å². The number of carbonyl (C=O) groups is 2. The van der Waals surface area contributed by atoms with Gasteiger partial charge in [-0.15, -0.1) is 11.8 Å². The van der Waals surface area contributed by atoms with Crippen LogP contribution < -0.4 is 25.2 Å². The minimum absolute atomic E-state index is 0.0380. The van der Waals surface area contributed by atoms with E-state index in [0.29, 0.717) is 30.4 Å². The van der Waals surface area contributed by atoms with Gasteiger partial charge >= 0.3 is 6.09 Å². The van der Waals surface area contributed by atoms with Crippen molar-refractivity contribution in [2.75, 3.05) is 54.2 Å². The number of fused-ring (bicyclic) bond motifs is 2. The van der Waals surface area contributed by atoms with E-state index in [2.05, 4.69) is 20.5 Å². The van der Waals surface area contributed by atoms with Gasteiger partial charge in [-0.1, -0.05) is 0 Å². The third-order valence-corrected chi connectivity index (χ3v) is 8.06. The van der Waals surface area contributed by atoms with Gasteiger partial charge in [0, 0.05) is 28.9 Å². The summed E-state index contributed by atoms with van der Waals surface area (Å²) >= 11 is 1.50. The zero-order valence-corrected chi connectivity index (χ0v) is 21.3. The molecule has 6 rings (SSSR count). The summed E-state index contributed by atoms with van der Waals surface area (Å²) in [5.74, 6) is 0.893.